The van der Waals surface area contributed by atoms with E-state index in [1.165, 1.54) is 4.90 Å². The fraction of sp³-hybridized carbons (Fsp3) is 0.391. The maximum atomic E-state index is 12.5. The third-order valence-corrected chi connectivity index (χ3v) is 5.01. The lowest BCUT2D eigenvalue weighted by Gasteiger charge is -2.30. The Balaban J connectivity index is 1.69. The average Bonchev–Trinajstić information content (AvgIpc) is 2.73. The van der Waals surface area contributed by atoms with Crippen molar-refractivity contribution in [2.75, 3.05) is 32.3 Å². The summed E-state index contributed by atoms with van der Waals surface area (Å²) in [5.74, 6) is 1.33. The predicted molar refractivity (Wildman–Crippen MR) is 114 cm³/mol. The predicted octanol–water partition coefficient (Wildman–Crippen LogP) is 3.04. The molecule has 2 amide bonds. The summed E-state index contributed by atoms with van der Waals surface area (Å²) in [6, 6.07) is 11.2. The van der Waals surface area contributed by atoms with Crippen molar-refractivity contribution >= 4 is 17.5 Å². The number of nitrogens with one attached hydrogen (secondary N) is 1. The first-order valence-corrected chi connectivity index (χ1v) is 9.78. The third kappa shape index (κ3) is 4.67. The van der Waals surface area contributed by atoms with Crippen LogP contribution in [0.4, 0.5) is 5.69 Å². The van der Waals surface area contributed by atoms with Gasteiger partial charge in [-0.2, -0.15) is 0 Å². The molecular formula is C23H28N2O5. The summed E-state index contributed by atoms with van der Waals surface area (Å²) in [6.45, 7) is 6.50. The zero-order valence-corrected chi connectivity index (χ0v) is 18.1. The molecule has 0 saturated carbocycles. The van der Waals surface area contributed by atoms with Gasteiger partial charge in [-0.15, -0.1) is 0 Å². The van der Waals surface area contributed by atoms with Gasteiger partial charge in [0.2, 0.25) is 5.91 Å². The summed E-state index contributed by atoms with van der Waals surface area (Å²) in [7, 11) is 3.13. The normalized spacial score (nSPS) is 13.4. The van der Waals surface area contributed by atoms with Crippen LogP contribution in [0.2, 0.25) is 0 Å². The lowest BCUT2D eigenvalue weighted by Crippen LogP contribution is -2.45. The summed E-state index contributed by atoms with van der Waals surface area (Å²) in [5, 5.41) is 2.85. The highest BCUT2D eigenvalue weighted by Gasteiger charge is 2.28. The van der Waals surface area contributed by atoms with Crippen LogP contribution >= 0.6 is 0 Å². The van der Waals surface area contributed by atoms with Crippen molar-refractivity contribution < 1.29 is 23.8 Å². The van der Waals surface area contributed by atoms with Crippen LogP contribution in [-0.4, -0.2) is 39.2 Å². The smallest absolute Gasteiger partial charge is 0.265 e. The number of methoxy groups -OCH3 is 2. The summed E-state index contributed by atoms with van der Waals surface area (Å²) in [5.41, 5.74) is 2.54. The van der Waals surface area contributed by atoms with E-state index >= 15 is 0 Å². The average molecular weight is 412 g/mol. The summed E-state index contributed by atoms with van der Waals surface area (Å²) < 4.78 is 16.1. The lowest BCUT2D eigenvalue weighted by molar-refractivity contribution is -0.125. The minimum Gasteiger partial charge on any atom is -0.493 e. The van der Waals surface area contributed by atoms with Gasteiger partial charge in [0, 0.05) is 6.54 Å². The molecule has 1 aliphatic rings. The van der Waals surface area contributed by atoms with Crippen LogP contribution in [0.15, 0.2) is 36.4 Å². The number of anilines is 1. The SMILES string of the molecule is COc1ccc(CNC(=O)CN2C(=O)COc3cc(C(C)(C)C)ccc32)cc1OC. The van der Waals surface area contributed by atoms with Crippen molar-refractivity contribution in [3.05, 3.63) is 47.5 Å². The van der Waals surface area contributed by atoms with Gasteiger partial charge in [-0.25, -0.2) is 0 Å². The molecule has 160 valence electrons. The van der Waals surface area contributed by atoms with Gasteiger partial charge >= 0.3 is 0 Å². The maximum absolute atomic E-state index is 12.5. The van der Waals surface area contributed by atoms with Crippen LogP contribution in [0.25, 0.3) is 0 Å². The molecule has 0 aromatic heterocycles. The van der Waals surface area contributed by atoms with Crippen molar-refractivity contribution in [1.29, 1.82) is 0 Å². The van der Waals surface area contributed by atoms with Crippen molar-refractivity contribution in [3.8, 4) is 17.2 Å². The number of hydrogen-bond donors (Lipinski definition) is 1. The molecule has 0 radical (unpaired) electrons. The van der Waals surface area contributed by atoms with Gasteiger partial charge in [0.15, 0.2) is 18.1 Å². The highest BCUT2D eigenvalue weighted by Crippen LogP contribution is 2.36. The Morgan fingerprint density at radius 2 is 1.83 bits per heavy atom. The van der Waals surface area contributed by atoms with E-state index in [1.54, 1.807) is 20.3 Å². The Hall–Kier alpha value is -3.22. The van der Waals surface area contributed by atoms with E-state index in [1.807, 2.05) is 30.3 Å². The zero-order valence-electron chi connectivity index (χ0n) is 18.1. The van der Waals surface area contributed by atoms with Crippen LogP contribution in [0.1, 0.15) is 31.9 Å². The molecule has 0 unspecified atom stereocenters. The first-order chi connectivity index (χ1) is 14.2. The van der Waals surface area contributed by atoms with E-state index in [0.717, 1.165) is 11.1 Å². The molecule has 0 fully saturated rings. The molecule has 7 heteroatoms. The Labute approximate surface area is 176 Å². The second-order valence-corrected chi connectivity index (χ2v) is 8.17. The van der Waals surface area contributed by atoms with Crippen molar-refractivity contribution in [3.63, 3.8) is 0 Å². The maximum Gasteiger partial charge on any atom is 0.265 e. The topological polar surface area (TPSA) is 77.1 Å². The van der Waals surface area contributed by atoms with Crippen molar-refractivity contribution in [2.45, 2.75) is 32.7 Å². The van der Waals surface area contributed by atoms with E-state index in [9.17, 15) is 9.59 Å². The first kappa shape index (κ1) is 21.5. The molecule has 30 heavy (non-hydrogen) atoms. The largest absolute Gasteiger partial charge is 0.493 e. The Kier molecular flexibility index (Phi) is 6.20. The van der Waals surface area contributed by atoms with Crippen LogP contribution in [0, 0.1) is 0 Å². The van der Waals surface area contributed by atoms with Crippen LogP contribution in [0.5, 0.6) is 17.2 Å². The Morgan fingerprint density at radius 3 is 2.50 bits per heavy atom. The van der Waals surface area contributed by atoms with Crippen LogP contribution in [0.3, 0.4) is 0 Å². The minimum atomic E-state index is -0.258. The molecule has 3 rings (SSSR count). The molecule has 0 atom stereocenters. The van der Waals surface area contributed by atoms with E-state index in [0.29, 0.717) is 29.5 Å². The monoisotopic (exact) mass is 412 g/mol. The van der Waals surface area contributed by atoms with E-state index < -0.39 is 0 Å². The molecule has 0 bridgehead atoms. The highest BCUT2D eigenvalue weighted by molar-refractivity contribution is 6.02. The Morgan fingerprint density at radius 1 is 1.10 bits per heavy atom. The number of fused-ring (bicyclic) bond motifs is 1. The molecule has 0 aliphatic carbocycles. The van der Waals surface area contributed by atoms with Gasteiger partial charge in [0.05, 0.1) is 19.9 Å². The first-order valence-electron chi connectivity index (χ1n) is 9.78. The summed E-state index contributed by atoms with van der Waals surface area (Å²) in [6.07, 6.45) is 0. The molecule has 1 aliphatic heterocycles. The number of carbonyl (C=O) groups is 2. The van der Waals surface area contributed by atoms with Gasteiger partial charge in [0.25, 0.3) is 5.91 Å². The molecule has 2 aromatic carbocycles. The minimum absolute atomic E-state index is 0.0402. The summed E-state index contributed by atoms with van der Waals surface area (Å²) >= 11 is 0. The van der Waals surface area contributed by atoms with Gasteiger partial charge in [-0.3, -0.25) is 14.5 Å². The molecule has 1 heterocycles. The third-order valence-electron chi connectivity index (χ3n) is 5.01. The second-order valence-electron chi connectivity index (χ2n) is 8.17. The number of hydrogen-bond acceptors (Lipinski definition) is 5. The Bertz CT molecular complexity index is 949. The fourth-order valence-corrected chi connectivity index (χ4v) is 3.24. The van der Waals surface area contributed by atoms with E-state index in [4.69, 9.17) is 14.2 Å². The van der Waals surface area contributed by atoms with E-state index in [-0.39, 0.29) is 30.4 Å². The second kappa shape index (κ2) is 8.65. The fourth-order valence-electron chi connectivity index (χ4n) is 3.24. The molecule has 2 aromatic rings. The highest BCUT2D eigenvalue weighted by atomic mass is 16.5. The van der Waals surface area contributed by atoms with Gasteiger partial charge in [0.1, 0.15) is 12.3 Å². The number of carbonyl (C=O) groups excluding carboxylic acids is 2. The number of rotatable bonds is 6. The van der Waals surface area contributed by atoms with Gasteiger partial charge < -0.3 is 19.5 Å². The quantitative estimate of drug-likeness (QED) is 0.789. The van der Waals surface area contributed by atoms with Crippen LogP contribution < -0.4 is 24.4 Å². The standard InChI is InChI=1S/C23H28N2O5/c1-23(2,3)16-7-8-17-19(11-16)30-14-22(27)25(17)13-21(26)24-12-15-6-9-18(28-4)20(10-15)29-5/h6-11H,12-14H2,1-5H3,(H,24,26). The lowest BCUT2D eigenvalue weighted by atomic mass is 9.86. The van der Waals surface area contributed by atoms with Gasteiger partial charge in [-0.05, 0) is 40.8 Å². The molecular weight excluding hydrogens is 384 g/mol. The van der Waals surface area contributed by atoms with Crippen molar-refractivity contribution in [1.82, 2.24) is 5.32 Å². The number of ether oxygens (including phenoxy) is 3. The number of benzene rings is 2. The number of nitrogens with zero attached hydrogens (tertiary/aromatic N) is 1. The number of amides is 2. The molecule has 1 N–H and O–H groups in total. The van der Waals surface area contributed by atoms with Gasteiger partial charge in [-0.1, -0.05) is 32.9 Å². The zero-order chi connectivity index (χ0) is 21.9. The van der Waals surface area contributed by atoms with E-state index in [2.05, 4.69) is 26.1 Å². The molecule has 7 nitrogen and oxygen atoms in total. The molecule has 0 spiro atoms. The molecule has 0 saturated heterocycles. The van der Waals surface area contributed by atoms with Crippen molar-refractivity contribution in [2.24, 2.45) is 0 Å². The summed E-state index contributed by atoms with van der Waals surface area (Å²) in [4.78, 5) is 26.4. The van der Waals surface area contributed by atoms with Crippen LogP contribution in [-0.2, 0) is 21.5 Å².